The molecule has 3 rings (SSSR count). The molecule has 0 bridgehead atoms. The van der Waals surface area contributed by atoms with Crippen LogP contribution in [0.15, 0.2) is 0 Å². The van der Waals surface area contributed by atoms with Crippen molar-refractivity contribution in [3.05, 3.63) is 0 Å². The molecule has 0 aromatic heterocycles. The highest BCUT2D eigenvalue weighted by Gasteiger charge is 2.54. The van der Waals surface area contributed by atoms with Gasteiger partial charge in [-0.15, -0.1) is 0 Å². The fourth-order valence-electron chi connectivity index (χ4n) is 15.1. The lowest BCUT2D eigenvalue weighted by atomic mass is 9.96. The molecule has 101 heavy (non-hydrogen) atoms. The van der Waals surface area contributed by atoms with Crippen LogP contribution in [0.25, 0.3) is 0 Å². The first-order valence-electron chi connectivity index (χ1n) is 42.8. The van der Waals surface area contributed by atoms with Gasteiger partial charge >= 0.3 is 0 Å². The number of unbranched alkanes of at least 4 members (excludes halogenated alkanes) is 54. The average molecular weight is 1450 g/mol. The van der Waals surface area contributed by atoms with Crippen LogP contribution in [0, 0.1) is 0 Å². The number of carbonyl (C=O) groups excluding carboxylic acids is 1. The van der Waals surface area contributed by atoms with Crippen molar-refractivity contribution in [3.8, 4) is 0 Å². The second kappa shape index (κ2) is 63.7. The van der Waals surface area contributed by atoms with Gasteiger partial charge in [0.2, 0.25) is 5.91 Å². The first-order chi connectivity index (χ1) is 49.3. The van der Waals surface area contributed by atoms with Gasteiger partial charge in [0.05, 0.1) is 38.6 Å². The first kappa shape index (κ1) is 94.0. The molecule has 17 unspecified atom stereocenters. The third-order valence-electron chi connectivity index (χ3n) is 21.9. The number of nitrogens with one attached hydrogen (secondary N) is 1. The lowest BCUT2D eigenvalue weighted by molar-refractivity contribution is -0.379. The third kappa shape index (κ3) is 43.5. The van der Waals surface area contributed by atoms with Gasteiger partial charge in [0.1, 0.15) is 73.2 Å². The van der Waals surface area contributed by atoms with Crippen molar-refractivity contribution in [3.63, 3.8) is 0 Å². The molecule has 3 saturated heterocycles. The fraction of sp³-hybridized carbons (Fsp3) is 0.988. The summed E-state index contributed by atoms with van der Waals surface area (Å²) < 4.78 is 34.6. The zero-order chi connectivity index (χ0) is 73.2. The Bertz CT molecular complexity index is 1820. The molecule has 17 atom stereocenters. The first-order valence-corrected chi connectivity index (χ1v) is 42.8. The predicted molar refractivity (Wildman–Crippen MR) is 402 cm³/mol. The molecular formula is C82H159NO18. The molecule has 3 aliphatic heterocycles. The summed E-state index contributed by atoms with van der Waals surface area (Å²) in [6.45, 7) is 1.89. The highest BCUT2D eigenvalue weighted by atomic mass is 16.8. The zero-order valence-corrected chi connectivity index (χ0v) is 64.4. The Balaban J connectivity index is 1.34. The summed E-state index contributed by atoms with van der Waals surface area (Å²) in [4.78, 5) is 13.5. The van der Waals surface area contributed by atoms with Gasteiger partial charge in [-0.25, -0.2) is 0 Å². The van der Waals surface area contributed by atoms with E-state index in [0.717, 1.165) is 44.9 Å². The summed E-state index contributed by atoms with van der Waals surface area (Å²) in [7, 11) is 0. The SMILES string of the molecule is CCCCCCCCCCCCCCCCCCCCCCCCCCCCCCC(=O)NC(COC1OC(CO)C(OC2OC(CO)C(OC3OC(CO)C(O)C(O)C3O)C(O)C2O)C(O)C1O)C(O)CCCCCCCCCCCCCCCCCCCCCCCCCCCCCC. The van der Waals surface area contributed by atoms with Crippen molar-refractivity contribution in [1.29, 1.82) is 0 Å². The molecule has 600 valence electrons. The van der Waals surface area contributed by atoms with Gasteiger partial charge in [-0.2, -0.15) is 0 Å². The van der Waals surface area contributed by atoms with Crippen molar-refractivity contribution in [2.75, 3.05) is 26.4 Å². The van der Waals surface area contributed by atoms with Gasteiger partial charge in [-0.3, -0.25) is 4.79 Å². The number of ether oxygens (including phenoxy) is 6. The number of aliphatic hydroxyl groups is 11. The van der Waals surface area contributed by atoms with E-state index < -0.39 is 124 Å². The van der Waals surface area contributed by atoms with Crippen LogP contribution in [0.1, 0.15) is 386 Å². The van der Waals surface area contributed by atoms with E-state index in [1.165, 1.54) is 308 Å². The average Bonchev–Trinajstić information content (AvgIpc) is 0.782. The molecule has 1 amide bonds. The smallest absolute Gasteiger partial charge is 0.220 e. The molecular weight excluding hydrogens is 1290 g/mol. The van der Waals surface area contributed by atoms with E-state index >= 15 is 0 Å². The summed E-state index contributed by atoms with van der Waals surface area (Å²) in [6, 6.07) is -0.884. The van der Waals surface area contributed by atoms with E-state index in [2.05, 4.69) is 19.2 Å². The van der Waals surface area contributed by atoms with Gasteiger partial charge in [-0.1, -0.05) is 367 Å². The highest BCUT2D eigenvalue weighted by molar-refractivity contribution is 5.76. The number of aliphatic hydroxyl groups excluding tert-OH is 11. The molecule has 3 aliphatic rings. The molecule has 0 spiro atoms. The molecule has 0 aromatic carbocycles. The van der Waals surface area contributed by atoms with E-state index in [1.807, 2.05) is 0 Å². The van der Waals surface area contributed by atoms with Crippen LogP contribution in [0.2, 0.25) is 0 Å². The maximum Gasteiger partial charge on any atom is 0.220 e. The summed E-state index contributed by atoms with van der Waals surface area (Å²) in [5, 5.41) is 121. The van der Waals surface area contributed by atoms with Crippen molar-refractivity contribution in [1.82, 2.24) is 5.32 Å². The minimum atomic E-state index is -1.97. The molecule has 19 heteroatoms. The second-order valence-electron chi connectivity index (χ2n) is 31.0. The summed E-state index contributed by atoms with van der Waals surface area (Å²) in [6.07, 6.45) is 47.7. The van der Waals surface area contributed by atoms with Crippen LogP contribution in [0.4, 0.5) is 0 Å². The van der Waals surface area contributed by atoms with Gasteiger partial charge < -0.3 is 89.9 Å². The Hall–Kier alpha value is -1.21. The zero-order valence-electron chi connectivity index (χ0n) is 64.4. The maximum atomic E-state index is 13.5. The van der Waals surface area contributed by atoms with E-state index in [9.17, 15) is 61.0 Å². The van der Waals surface area contributed by atoms with E-state index in [1.54, 1.807) is 0 Å². The van der Waals surface area contributed by atoms with E-state index in [0.29, 0.717) is 12.8 Å². The number of hydrogen-bond acceptors (Lipinski definition) is 18. The lowest BCUT2D eigenvalue weighted by Crippen LogP contribution is -2.66. The van der Waals surface area contributed by atoms with Crippen LogP contribution in [-0.2, 0) is 33.2 Å². The van der Waals surface area contributed by atoms with Gasteiger partial charge in [0.15, 0.2) is 18.9 Å². The number of rotatable bonds is 70. The molecule has 19 nitrogen and oxygen atoms in total. The largest absolute Gasteiger partial charge is 0.394 e. The lowest BCUT2D eigenvalue weighted by Gasteiger charge is -2.48. The molecule has 0 aliphatic carbocycles. The van der Waals surface area contributed by atoms with Crippen molar-refractivity contribution in [2.24, 2.45) is 0 Å². The minimum absolute atomic E-state index is 0.232. The summed E-state index contributed by atoms with van der Waals surface area (Å²) in [5.41, 5.74) is 0. The van der Waals surface area contributed by atoms with E-state index in [-0.39, 0.29) is 18.9 Å². The standard InChI is InChI=1S/C82H159NO18/c1-3-5-7-9-11-13-15-17-19-21-23-25-27-29-31-33-35-37-39-41-43-45-47-49-51-53-55-57-59-66(87)65(83-70(88)60-58-56-54-52-50-48-46-44-42-40-38-36-34-32-30-28-26-24-22-20-18-16-14-12-10-8-6-4-2)64-96-80-76(94)73(91)78(68(62-85)98-80)101-82-77(95)74(92)79(69(63-86)99-82)100-81-75(93)72(90)71(89)67(61-84)97-81/h65-69,71-82,84-87,89-95H,3-64H2,1-2H3,(H,83,88). The topological polar surface area (TPSA) is 307 Å². The Morgan fingerprint density at radius 2 is 0.564 bits per heavy atom. The highest BCUT2D eigenvalue weighted by Crippen LogP contribution is 2.34. The molecule has 12 N–H and O–H groups in total. The monoisotopic (exact) mass is 1450 g/mol. The predicted octanol–water partition coefficient (Wildman–Crippen LogP) is 15.0. The molecule has 3 heterocycles. The normalized spacial score (nSPS) is 26.2. The van der Waals surface area contributed by atoms with Gasteiger partial charge in [0.25, 0.3) is 0 Å². The van der Waals surface area contributed by atoms with Crippen molar-refractivity contribution >= 4 is 5.91 Å². The summed E-state index contributed by atoms with van der Waals surface area (Å²) >= 11 is 0. The Labute approximate surface area is 614 Å². The second-order valence-corrected chi connectivity index (χ2v) is 31.0. The summed E-state index contributed by atoms with van der Waals surface area (Å²) in [5.74, 6) is -0.232. The van der Waals surface area contributed by atoms with Crippen LogP contribution in [0.5, 0.6) is 0 Å². The van der Waals surface area contributed by atoms with Crippen LogP contribution in [0.3, 0.4) is 0 Å². The van der Waals surface area contributed by atoms with Gasteiger partial charge in [-0.05, 0) is 12.8 Å². The Morgan fingerprint density at radius 3 is 0.861 bits per heavy atom. The molecule has 0 saturated carbocycles. The fourth-order valence-corrected chi connectivity index (χ4v) is 15.1. The molecule has 0 aromatic rings. The van der Waals surface area contributed by atoms with Crippen LogP contribution < -0.4 is 5.32 Å². The van der Waals surface area contributed by atoms with Crippen molar-refractivity contribution in [2.45, 2.75) is 491 Å². The van der Waals surface area contributed by atoms with Crippen LogP contribution in [-0.4, -0.2) is 193 Å². The van der Waals surface area contributed by atoms with Crippen molar-refractivity contribution < 1.29 is 89.4 Å². The maximum absolute atomic E-state index is 13.5. The number of amides is 1. The Morgan fingerprint density at radius 1 is 0.317 bits per heavy atom. The number of carbonyl (C=O) groups is 1. The third-order valence-corrected chi connectivity index (χ3v) is 21.9. The van der Waals surface area contributed by atoms with Gasteiger partial charge in [0, 0.05) is 6.42 Å². The Kier molecular flexibility index (Phi) is 59.3. The molecule has 0 radical (unpaired) electrons. The molecule has 3 fully saturated rings. The van der Waals surface area contributed by atoms with E-state index in [4.69, 9.17) is 28.4 Å². The number of hydrogen-bond donors (Lipinski definition) is 12. The van der Waals surface area contributed by atoms with Crippen LogP contribution >= 0.6 is 0 Å². The minimum Gasteiger partial charge on any atom is -0.394 e. The quantitative estimate of drug-likeness (QED) is 0.0252.